The molecule has 3 heteroatoms. The molecule has 0 aliphatic heterocycles. The molecule has 0 heterocycles. The molecule has 0 aliphatic rings. The summed E-state index contributed by atoms with van der Waals surface area (Å²) in [6.45, 7) is 3.02. The zero-order chi connectivity index (χ0) is 9.68. The van der Waals surface area contributed by atoms with E-state index in [0.717, 1.165) is 23.1 Å². The maximum Gasteiger partial charge on any atom is 0.0343 e. The van der Waals surface area contributed by atoms with E-state index in [4.69, 9.17) is 11.6 Å². The van der Waals surface area contributed by atoms with Gasteiger partial charge in [-0.2, -0.15) is 0 Å². The van der Waals surface area contributed by atoms with Crippen molar-refractivity contribution in [2.75, 3.05) is 17.7 Å². The van der Waals surface area contributed by atoms with Crippen molar-refractivity contribution in [3.8, 4) is 0 Å². The molecule has 0 radical (unpaired) electrons. The lowest BCUT2D eigenvalue weighted by atomic mass is 10.2. The molecule has 0 amide bonds. The highest BCUT2D eigenvalue weighted by Crippen LogP contribution is 2.19. The van der Waals surface area contributed by atoms with E-state index in [-0.39, 0.29) is 0 Å². The third-order valence-corrected chi connectivity index (χ3v) is 2.95. The number of alkyl halides is 1. The molecule has 0 saturated carbocycles. The smallest absolute Gasteiger partial charge is 0.0343 e. The summed E-state index contributed by atoms with van der Waals surface area (Å²) in [6, 6.07) is 6.24. The Morgan fingerprint density at radius 3 is 2.85 bits per heavy atom. The van der Waals surface area contributed by atoms with Crippen molar-refractivity contribution in [2.24, 2.45) is 0 Å². The molecule has 0 saturated heterocycles. The van der Waals surface area contributed by atoms with Crippen LogP contribution in [0.4, 0.5) is 5.69 Å². The molecule has 13 heavy (non-hydrogen) atoms. The molecule has 0 aromatic heterocycles. The zero-order valence-corrected chi connectivity index (χ0v) is 9.95. The molecular weight excluding hydrogens is 249 g/mol. The highest BCUT2D eigenvalue weighted by Gasteiger charge is 1.95. The largest absolute Gasteiger partial charge is 0.385 e. The van der Waals surface area contributed by atoms with Crippen molar-refractivity contribution in [2.45, 2.75) is 13.3 Å². The SMILES string of the molecule is Cc1cc(NCCCCl)ccc1Br. The summed E-state index contributed by atoms with van der Waals surface area (Å²) >= 11 is 9.04. The molecule has 0 unspecified atom stereocenters. The molecule has 1 N–H and O–H groups in total. The van der Waals surface area contributed by atoms with Gasteiger partial charge in [0, 0.05) is 22.6 Å². The van der Waals surface area contributed by atoms with Crippen LogP contribution >= 0.6 is 27.5 Å². The third-order valence-electron chi connectivity index (χ3n) is 1.80. The van der Waals surface area contributed by atoms with Crippen molar-refractivity contribution in [1.82, 2.24) is 0 Å². The highest BCUT2D eigenvalue weighted by molar-refractivity contribution is 9.10. The zero-order valence-electron chi connectivity index (χ0n) is 7.61. The van der Waals surface area contributed by atoms with Gasteiger partial charge in [0.2, 0.25) is 0 Å². The number of rotatable bonds is 4. The molecule has 72 valence electrons. The van der Waals surface area contributed by atoms with E-state index in [9.17, 15) is 0 Å². The molecule has 0 fully saturated rings. The molecule has 1 rings (SSSR count). The minimum absolute atomic E-state index is 0.711. The van der Waals surface area contributed by atoms with E-state index >= 15 is 0 Å². The second-order valence-corrected chi connectivity index (χ2v) is 4.17. The predicted octanol–water partition coefficient (Wildman–Crippen LogP) is 3.80. The van der Waals surface area contributed by atoms with Gasteiger partial charge in [-0.25, -0.2) is 0 Å². The molecular formula is C10H13BrClN. The lowest BCUT2D eigenvalue weighted by Gasteiger charge is -2.06. The van der Waals surface area contributed by atoms with Crippen LogP contribution in [0.1, 0.15) is 12.0 Å². The number of halogens is 2. The van der Waals surface area contributed by atoms with Crippen LogP contribution in [0, 0.1) is 6.92 Å². The summed E-state index contributed by atoms with van der Waals surface area (Å²) in [6.07, 6.45) is 0.997. The molecule has 1 aromatic carbocycles. The van der Waals surface area contributed by atoms with Crippen molar-refractivity contribution in [3.63, 3.8) is 0 Å². The van der Waals surface area contributed by atoms with Gasteiger partial charge in [-0.05, 0) is 37.1 Å². The Bertz CT molecular complexity index is 276. The molecule has 1 aromatic rings. The second kappa shape index (κ2) is 5.51. The van der Waals surface area contributed by atoms with Crippen LogP contribution in [0.25, 0.3) is 0 Å². The summed E-state index contributed by atoms with van der Waals surface area (Å²) in [5.41, 5.74) is 2.40. The first-order valence-electron chi connectivity index (χ1n) is 4.30. The Balaban J connectivity index is 2.53. The summed E-state index contributed by atoms with van der Waals surface area (Å²) < 4.78 is 1.15. The molecule has 1 nitrogen and oxygen atoms in total. The molecule has 0 atom stereocenters. The van der Waals surface area contributed by atoms with Gasteiger partial charge < -0.3 is 5.32 Å². The Morgan fingerprint density at radius 2 is 2.23 bits per heavy atom. The average molecular weight is 263 g/mol. The van der Waals surface area contributed by atoms with Gasteiger partial charge in [-0.3, -0.25) is 0 Å². The van der Waals surface area contributed by atoms with E-state index < -0.39 is 0 Å². The van der Waals surface area contributed by atoms with Gasteiger partial charge in [0.15, 0.2) is 0 Å². The Kier molecular flexibility index (Phi) is 4.60. The van der Waals surface area contributed by atoms with Crippen LogP contribution in [-0.4, -0.2) is 12.4 Å². The van der Waals surface area contributed by atoms with Crippen LogP contribution < -0.4 is 5.32 Å². The fourth-order valence-electron chi connectivity index (χ4n) is 1.05. The Hall–Kier alpha value is -0.210. The molecule has 0 bridgehead atoms. The van der Waals surface area contributed by atoms with Crippen molar-refractivity contribution in [3.05, 3.63) is 28.2 Å². The van der Waals surface area contributed by atoms with Gasteiger partial charge in [-0.1, -0.05) is 15.9 Å². The van der Waals surface area contributed by atoms with E-state index in [1.54, 1.807) is 0 Å². The van der Waals surface area contributed by atoms with E-state index in [2.05, 4.69) is 46.4 Å². The van der Waals surface area contributed by atoms with Crippen molar-refractivity contribution >= 4 is 33.2 Å². The number of benzene rings is 1. The minimum Gasteiger partial charge on any atom is -0.385 e. The molecule has 0 spiro atoms. The fourth-order valence-corrected chi connectivity index (χ4v) is 1.43. The van der Waals surface area contributed by atoms with Gasteiger partial charge in [-0.15, -0.1) is 11.6 Å². The molecule has 0 aliphatic carbocycles. The second-order valence-electron chi connectivity index (χ2n) is 2.93. The van der Waals surface area contributed by atoms with E-state index in [1.807, 2.05) is 0 Å². The first kappa shape index (κ1) is 10.9. The highest BCUT2D eigenvalue weighted by atomic mass is 79.9. The first-order valence-corrected chi connectivity index (χ1v) is 5.63. The number of aryl methyl sites for hydroxylation is 1. The number of anilines is 1. The van der Waals surface area contributed by atoms with E-state index in [0.29, 0.717) is 5.88 Å². The van der Waals surface area contributed by atoms with Gasteiger partial charge in [0.25, 0.3) is 0 Å². The van der Waals surface area contributed by atoms with Crippen LogP contribution in [0.3, 0.4) is 0 Å². The monoisotopic (exact) mass is 261 g/mol. The fraction of sp³-hybridized carbons (Fsp3) is 0.400. The minimum atomic E-state index is 0.711. The third kappa shape index (κ3) is 3.57. The quantitative estimate of drug-likeness (QED) is 0.643. The van der Waals surface area contributed by atoms with Crippen molar-refractivity contribution in [1.29, 1.82) is 0 Å². The topological polar surface area (TPSA) is 12.0 Å². The maximum atomic E-state index is 5.58. The van der Waals surface area contributed by atoms with E-state index in [1.165, 1.54) is 5.56 Å². The van der Waals surface area contributed by atoms with Crippen molar-refractivity contribution < 1.29 is 0 Å². The lowest BCUT2D eigenvalue weighted by Crippen LogP contribution is -2.01. The summed E-state index contributed by atoms with van der Waals surface area (Å²) in [5.74, 6) is 0.711. The number of hydrogen-bond donors (Lipinski definition) is 1. The van der Waals surface area contributed by atoms with Crippen LogP contribution in [0.5, 0.6) is 0 Å². The normalized spacial score (nSPS) is 10.1. The number of hydrogen-bond acceptors (Lipinski definition) is 1. The lowest BCUT2D eigenvalue weighted by molar-refractivity contribution is 0.986. The summed E-state index contributed by atoms with van der Waals surface area (Å²) in [5, 5.41) is 3.31. The number of nitrogens with one attached hydrogen (secondary N) is 1. The standard InChI is InChI=1S/C10H13BrClN/c1-8-7-9(3-4-10(8)11)13-6-2-5-12/h3-4,7,13H,2,5-6H2,1H3. The van der Waals surface area contributed by atoms with Crippen LogP contribution in [0.15, 0.2) is 22.7 Å². The van der Waals surface area contributed by atoms with Crippen LogP contribution in [0.2, 0.25) is 0 Å². The Morgan fingerprint density at radius 1 is 1.46 bits per heavy atom. The van der Waals surface area contributed by atoms with Gasteiger partial charge >= 0.3 is 0 Å². The van der Waals surface area contributed by atoms with Crippen LogP contribution in [-0.2, 0) is 0 Å². The summed E-state index contributed by atoms with van der Waals surface area (Å²) in [7, 11) is 0. The average Bonchev–Trinajstić information content (AvgIpc) is 2.12. The maximum absolute atomic E-state index is 5.58. The summed E-state index contributed by atoms with van der Waals surface area (Å²) in [4.78, 5) is 0. The first-order chi connectivity index (χ1) is 6.24. The van der Waals surface area contributed by atoms with Gasteiger partial charge in [0.05, 0.1) is 0 Å². The Labute approximate surface area is 92.6 Å². The van der Waals surface area contributed by atoms with Gasteiger partial charge in [0.1, 0.15) is 0 Å². The predicted molar refractivity (Wildman–Crippen MR) is 62.7 cm³/mol.